The van der Waals surface area contributed by atoms with Gasteiger partial charge in [-0.15, -0.1) is 0 Å². The molecule has 0 bridgehead atoms. The molecule has 0 saturated carbocycles. The molecule has 23 heavy (non-hydrogen) atoms. The summed E-state index contributed by atoms with van der Waals surface area (Å²) in [6.07, 6.45) is 1.78. The Morgan fingerprint density at radius 3 is 2.65 bits per heavy atom. The Balaban J connectivity index is 3.09. The van der Waals surface area contributed by atoms with Gasteiger partial charge in [0.1, 0.15) is 0 Å². The minimum absolute atomic E-state index is 0.0169. The van der Waals surface area contributed by atoms with E-state index in [1.54, 1.807) is 6.08 Å². The van der Waals surface area contributed by atoms with Crippen molar-refractivity contribution in [2.24, 2.45) is 16.7 Å². The van der Waals surface area contributed by atoms with Gasteiger partial charge in [-0.25, -0.2) is 5.01 Å². The van der Waals surface area contributed by atoms with Crippen LogP contribution in [0.2, 0.25) is 0 Å². The van der Waals surface area contributed by atoms with E-state index < -0.39 is 18.5 Å². The molecule has 0 aromatic heterocycles. The van der Waals surface area contributed by atoms with Gasteiger partial charge in [-0.2, -0.15) is 5.53 Å². The van der Waals surface area contributed by atoms with E-state index in [2.05, 4.69) is 10.5 Å². The molecule has 0 spiro atoms. The third kappa shape index (κ3) is 5.24. The predicted octanol–water partition coefficient (Wildman–Crippen LogP) is 0.162. The molecule has 4 atom stereocenters. The molecule has 0 fully saturated rings. The normalized spacial score (nSPS) is 25.7. The molecule has 0 heterocycles. The molecule has 1 rings (SSSR count). The van der Waals surface area contributed by atoms with E-state index in [-0.39, 0.29) is 18.1 Å². The van der Waals surface area contributed by atoms with Crippen LogP contribution in [0.4, 0.5) is 0 Å². The van der Waals surface area contributed by atoms with E-state index in [0.717, 1.165) is 17.9 Å². The first-order valence-electron chi connectivity index (χ1n) is 7.83. The second-order valence-electron chi connectivity index (χ2n) is 5.65. The largest absolute Gasteiger partial charge is 0.369 e. The summed E-state index contributed by atoms with van der Waals surface area (Å²) < 4.78 is 6.06. The highest BCUT2D eigenvalue weighted by Crippen LogP contribution is 2.26. The lowest BCUT2D eigenvalue weighted by molar-refractivity contribution is -0.121. The highest BCUT2D eigenvalue weighted by atomic mass is 16.5. The first-order valence-corrected chi connectivity index (χ1v) is 7.83. The van der Waals surface area contributed by atoms with Crippen LogP contribution in [0.5, 0.6) is 0 Å². The number of carbonyl (C=O) groups is 1. The number of nitrogens with two attached hydrogens (primary N) is 2. The number of hydrogen-bond donors (Lipinski definition) is 5. The second kappa shape index (κ2) is 8.92. The SMILES string of the molecule is CCC(CC)O[C@@H]1C=C(N(N=N)C(N)O)C[C@H](N)[C@H]1NC(C)=O. The van der Waals surface area contributed by atoms with Gasteiger partial charge < -0.3 is 20.9 Å². The number of amides is 1. The van der Waals surface area contributed by atoms with Crippen molar-refractivity contribution in [3.8, 4) is 0 Å². The molecule has 9 nitrogen and oxygen atoms in total. The predicted molar refractivity (Wildman–Crippen MR) is 84.7 cm³/mol. The maximum atomic E-state index is 11.4. The van der Waals surface area contributed by atoms with Crippen LogP contribution < -0.4 is 16.8 Å². The molecule has 0 saturated heterocycles. The molecule has 0 aliphatic heterocycles. The number of aliphatic hydroxyl groups is 1. The zero-order chi connectivity index (χ0) is 17.6. The van der Waals surface area contributed by atoms with E-state index >= 15 is 0 Å². The molecular formula is C14H28N6O3. The summed E-state index contributed by atoms with van der Waals surface area (Å²) in [6.45, 7) is 5.46. The van der Waals surface area contributed by atoms with Gasteiger partial charge in [0.2, 0.25) is 12.3 Å². The summed E-state index contributed by atoms with van der Waals surface area (Å²) in [5.74, 6) is -0.193. The van der Waals surface area contributed by atoms with Gasteiger partial charge in [0.05, 0.1) is 18.2 Å². The number of rotatable bonds is 8. The molecular weight excluding hydrogens is 300 g/mol. The Morgan fingerprint density at radius 1 is 1.61 bits per heavy atom. The molecule has 1 unspecified atom stereocenters. The standard InChI is InChI=1S/C14H28N6O3/c1-4-10(5-2)23-12-7-9(20(19-17)14(16)22)6-11(15)13(12)18-8(3)21/h7,10-14,17,22H,4-6,15-16H2,1-3H3,(H,18,21)/t11-,12+,13+,14?/m0/s1. The van der Waals surface area contributed by atoms with Gasteiger partial charge in [-0.1, -0.05) is 19.1 Å². The van der Waals surface area contributed by atoms with Gasteiger partial charge in [-0.05, 0) is 18.9 Å². The molecule has 1 amide bonds. The van der Waals surface area contributed by atoms with Crippen LogP contribution in [0, 0.1) is 5.53 Å². The van der Waals surface area contributed by atoms with Gasteiger partial charge >= 0.3 is 0 Å². The summed E-state index contributed by atoms with van der Waals surface area (Å²) in [6, 6.07) is -0.833. The Bertz CT molecular complexity index is 438. The zero-order valence-electron chi connectivity index (χ0n) is 13.9. The highest BCUT2D eigenvalue weighted by molar-refractivity contribution is 5.73. The van der Waals surface area contributed by atoms with Crippen molar-refractivity contribution < 1.29 is 14.6 Å². The van der Waals surface area contributed by atoms with E-state index in [0.29, 0.717) is 12.1 Å². The summed E-state index contributed by atoms with van der Waals surface area (Å²) in [5, 5.41) is 16.5. The minimum Gasteiger partial charge on any atom is -0.369 e. The molecule has 132 valence electrons. The average Bonchev–Trinajstić information content (AvgIpc) is 2.48. The Labute approximate surface area is 136 Å². The molecule has 1 aliphatic carbocycles. The first-order chi connectivity index (χ1) is 10.8. The molecule has 9 heteroatoms. The molecule has 0 aromatic carbocycles. The number of ether oxygens (including phenoxy) is 1. The zero-order valence-corrected chi connectivity index (χ0v) is 13.9. The monoisotopic (exact) mass is 328 g/mol. The third-order valence-electron chi connectivity index (χ3n) is 3.90. The topological polar surface area (TPSA) is 150 Å². The lowest BCUT2D eigenvalue weighted by atomic mass is 9.91. The molecule has 7 N–H and O–H groups in total. The van der Waals surface area contributed by atoms with Crippen molar-refractivity contribution in [1.82, 2.24) is 10.3 Å². The first kappa shape index (κ1) is 19.5. The van der Waals surface area contributed by atoms with E-state index in [9.17, 15) is 9.90 Å². The number of nitrogens with one attached hydrogen (secondary N) is 2. The Morgan fingerprint density at radius 2 is 2.22 bits per heavy atom. The maximum Gasteiger partial charge on any atom is 0.217 e. The number of carbonyl (C=O) groups excluding carboxylic acids is 1. The van der Waals surface area contributed by atoms with E-state index in [1.165, 1.54) is 6.92 Å². The van der Waals surface area contributed by atoms with Crippen LogP contribution in [0.25, 0.3) is 0 Å². The highest BCUT2D eigenvalue weighted by Gasteiger charge is 2.36. The van der Waals surface area contributed by atoms with Crippen LogP contribution in [0.1, 0.15) is 40.0 Å². The van der Waals surface area contributed by atoms with Gasteiger partial charge in [0, 0.05) is 25.1 Å². The summed E-state index contributed by atoms with van der Waals surface area (Å²) in [5.41, 5.74) is 19.2. The summed E-state index contributed by atoms with van der Waals surface area (Å²) in [7, 11) is 0. The third-order valence-corrected chi connectivity index (χ3v) is 3.90. The van der Waals surface area contributed by atoms with Crippen molar-refractivity contribution >= 4 is 5.91 Å². The molecule has 0 aromatic rings. The van der Waals surface area contributed by atoms with Crippen molar-refractivity contribution in [1.29, 1.82) is 5.53 Å². The number of hydrogen-bond acceptors (Lipinski definition) is 7. The lowest BCUT2D eigenvalue weighted by Crippen LogP contribution is -2.58. The van der Waals surface area contributed by atoms with Crippen LogP contribution in [-0.4, -0.2) is 46.7 Å². The van der Waals surface area contributed by atoms with Gasteiger partial charge in [0.25, 0.3) is 0 Å². The van der Waals surface area contributed by atoms with E-state index in [4.69, 9.17) is 21.7 Å². The Hall–Kier alpha value is -1.55. The van der Waals surface area contributed by atoms with Crippen molar-refractivity contribution in [2.45, 2.75) is 70.7 Å². The van der Waals surface area contributed by atoms with Crippen LogP contribution >= 0.6 is 0 Å². The molecule has 1 aliphatic rings. The maximum absolute atomic E-state index is 11.4. The van der Waals surface area contributed by atoms with Crippen molar-refractivity contribution in [2.75, 3.05) is 0 Å². The fourth-order valence-corrected chi connectivity index (χ4v) is 2.69. The fourth-order valence-electron chi connectivity index (χ4n) is 2.69. The summed E-state index contributed by atoms with van der Waals surface area (Å²) in [4.78, 5) is 11.4. The van der Waals surface area contributed by atoms with Crippen LogP contribution in [0.15, 0.2) is 17.0 Å². The van der Waals surface area contributed by atoms with E-state index in [1.807, 2.05) is 13.8 Å². The quantitative estimate of drug-likeness (QED) is 0.243. The van der Waals surface area contributed by atoms with Crippen LogP contribution in [-0.2, 0) is 9.53 Å². The van der Waals surface area contributed by atoms with Crippen LogP contribution in [0.3, 0.4) is 0 Å². The van der Waals surface area contributed by atoms with Gasteiger partial charge in [0.15, 0.2) is 0 Å². The Kier molecular flexibility index (Phi) is 7.56. The minimum atomic E-state index is -1.43. The molecule has 0 radical (unpaired) electrons. The lowest BCUT2D eigenvalue weighted by Gasteiger charge is -2.39. The summed E-state index contributed by atoms with van der Waals surface area (Å²) >= 11 is 0. The number of nitrogens with zero attached hydrogens (tertiary/aromatic N) is 2. The fraction of sp³-hybridized carbons (Fsp3) is 0.786. The average molecular weight is 328 g/mol. The second-order valence-corrected chi connectivity index (χ2v) is 5.65. The van der Waals surface area contributed by atoms with Crippen molar-refractivity contribution in [3.63, 3.8) is 0 Å². The smallest absolute Gasteiger partial charge is 0.217 e. The number of aliphatic hydroxyl groups excluding tert-OH is 1. The van der Waals surface area contributed by atoms with Crippen molar-refractivity contribution in [3.05, 3.63) is 11.8 Å². The van der Waals surface area contributed by atoms with Gasteiger partial charge in [-0.3, -0.25) is 10.5 Å².